The fourth-order valence-electron chi connectivity index (χ4n) is 3.15. The van der Waals surface area contributed by atoms with Gasteiger partial charge in [0, 0.05) is 37.3 Å². The van der Waals surface area contributed by atoms with Crippen LogP contribution in [-0.4, -0.2) is 24.0 Å². The number of primary amides is 1. The molecule has 0 unspecified atom stereocenters. The molecule has 134 valence electrons. The SMILES string of the molecule is N#Cc1ccc(NCc2cccnc2N2CCC(C(N)=O)CC2)c(F)c1. The second kappa shape index (κ2) is 7.83. The number of nitriles is 1. The molecule has 1 aromatic heterocycles. The topological polar surface area (TPSA) is 95.0 Å². The van der Waals surface area contributed by atoms with E-state index in [1.807, 2.05) is 18.2 Å². The number of carbonyl (C=O) groups is 1. The largest absolute Gasteiger partial charge is 0.378 e. The first kappa shape index (κ1) is 17.7. The highest BCUT2D eigenvalue weighted by Crippen LogP contribution is 2.25. The first-order valence-corrected chi connectivity index (χ1v) is 8.50. The molecular weight excluding hydrogens is 333 g/mol. The zero-order valence-electron chi connectivity index (χ0n) is 14.3. The third-order valence-corrected chi connectivity index (χ3v) is 4.63. The lowest BCUT2D eigenvalue weighted by Crippen LogP contribution is -2.39. The van der Waals surface area contributed by atoms with Gasteiger partial charge in [0.25, 0.3) is 0 Å². The second-order valence-corrected chi connectivity index (χ2v) is 6.31. The Morgan fingerprint density at radius 2 is 2.15 bits per heavy atom. The Morgan fingerprint density at radius 3 is 2.81 bits per heavy atom. The van der Waals surface area contributed by atoms with E-state index in [1.54, 1.807) is 18.3 Å². The molecule has 7 heteroatoms. The lowest BCUT2D eigenvalue weighted by Gasteiger charge is -2.32. The molecule has 0 atom stereocenters. The highest BCUT2D eigenvalue weighted by molar-refractivity contribution is 5.77. The fraction of sp³-hybridized carbons (Fsp3) is 0.316. The summed E-state index contributed by atoms with van der Waals surface area (Å²) in [7, 11) is 0. The molecule has 2 heterocycles. The number of nitrogens with two attached hydrogens (primary N) is 1. The molecule has 0 radical (unpaired) electrons. The lowest BCUT2D eigenvalue weighted by molar-refractivity contribution is -0.122. The molecule has 0 aliphatic carbocycles. The molecule has 1 amide bonds. The Kier molecular flexibility index (Phi) is 5.32. The Morgan fingerprint density at radius 1 is 1.38 bits per heavy atom. The average molecular weight is 353 g/mol. The number of halogens is 1. The van der Waals surface area contributed by atoms with Crippen LogP contribution in [0.25, 0.3) is 0 Å². The minimum absolute atomic E-state index is 0.0794. The number of aromatic nitrogens is 1. The maximum atomic E-state index is 14.0. The maximum Gasteiger partial charge on any atom is 0.220 e. The number of pyridine rings is 1. The van der Waals surface area contributed by atoms with Crippen LogP contribution in [0.15, 0.2) is 36.5 Å². The molecule has 26 heavy (non-hydrogen) atoms. The van der Waals surface area contributed by atoms with Crippen molar-refractivity contribution in [2.24, 2.45) is 11.7 Å². The van der Waals surface area contributed by atoms with Crippen LogP contribution in [0.1, 0.15) is 24.0 Å². The standard InChI is InChI=1S/C19H20FN5O/c20-16-10-13(11-21)3-4-17(16)24-12-15-2-1-7-23-19(15)25-8-5-14(6-9-25)18(22)26/h1-4,7,10,14,24H,5-6,8-9,12H2,(H2,22,26). The van der Waals surface area contributed by atoms with Gasteiger partial charge in [0.05, 0.1) is 17.3 Å². The van der Waals surface area contributed by atoms with Gasteiger partial charge >= 0.3 is 0 Å². The van der Waals surface area contributed by atoms with E-state index in [1.165, 1.54) is 6.07 Å². The van der Waals surface area contributed by atoms with Crippen molar-refractivity contribution < 1.29 is 9.18 Å². The Hall–Kier alpha value is -3.14. The predicted molar refractivity (Wildman–Crippen MR) is 96.8 cm³/mol. The molecule has 3 rings (SSSR count). The summed E-state index contributed by atoms with van der Waals surface area (Å²) in [5.41, 5.74) is 6.95. The quantitative estimate of drug-likeness (QED) is 0.861. The normalized spacial score (nSPS) is 14.7. The third kappa shape index (κ3) is 3.91. The zero-order chi connectivity index (χ0) is 18.5. The molecule has 0 bridgehead atoms. The first-order valence-electron chi connectivity index (χ1n) is 8.50. The van der Waals surface area contributed by atoms with Crippen molar-refractivity contribution in [2.45, 2.75) is 19.4 Å². The molecule has 3 N–H and O–H groups in total. The lowest BCUT2D eigenvalue weighted by atomic mass is 9.96. The Bertz CT molecular complexity index is 840. The van der Waals surface area contributed by atoms with E-state index >= 15 is 0 Å². The highest BCUT2D eigenvalue weighted by atomic mass is 19.1. The van der Waals surface area contributed by atoms with Crippen LogP contribution in [0.3, 0.4) is 0 Å². The Balaban J connectivity index is 1.70. The molecule has 1 aliphatic heterocycles. The van der Waals surface area contributed by atoms with Crippen molar-refractivity contribution in [3.63, 3.8) is 0 Å². The molecule has 1 saturated heterocycles. The number of anilines is 2. The number of amides is 1. The number of carbonyl (C=O) groups excluding carboxylic acids is 1. The number of nitrogens with one attached hydrogen (secondary N) is 1. The van der Waals surface area contributed by atoms with E-state index < -0.39 is 5.82 Å². The number of benzene rings is 1. The summed E-state index contributed by atoms with van der Waals surface area (Å²) in [6.45, 7) is 1.83. The summed E-state index contributed by atoms with van der Waals surface area (Å²) in [5, 5.41) is 11.9. The second-order valence-electron chi connectivity index (χ2n) is 6.31. The molecule has 0 saturated carbocycles. The summed E-state index contributed by atoms with van der Waals surface area (Å²) < 4.78 is 14.0. The average Bonchev–Trinajstić information content (AvgIpc) is 2.67. The molecular formula is C19H20FN5O. The van der Waals surface area contributed by atoms with Crippen molar-refractivity contribution in [1.29, 1.82) is 5.26 Å². The number of rotatable bonds is 5. The van der Waals surface area contributed by atoms with Gasteiger partial charge in [-0.05, 0) is 37.1 Å². The number of nitrogens with zero attached hydrogens (tertiary/aromatic N) is 3. The third-order valence-electron chi connectivity index (χ3n) is 4.63. The smallest absolute Gasteiger partial charge is 0.220 e. The van der Waals surface area contributed by atoms with Crippen LogP contribution in [0.2, 0.25) is 0 Å². The van der Waals surface area contributed by atoms with E-state index in [0.29, 0.717) is 38.2 Å². The minimum Gasteiger partial charge on any atom is -0.378 e. The van der Waals surface area contributed by atoms with Crippen LogP contribution in [-0.2, 0) is 11.3 Å². The molecule has 1 fully saturated rings. The van der Waals surface area contributed by atoms with E-state index in [-0.39, 0.29) is 17.4 Å². The van der Waals surface area contributed by atoms with Gasteiger partial charge in [0.1, 0.15) is 11.6 Å². The Labute approximate surface area is 151 Å². The summed E-state index contributed by atoms with van der Waals surface area (Å²) in [5.74, 6) is 0.0434. The van der Waals surface area contributed by atoms with E-state index in [9.17, 15) is 9.18 Å². The van der Waals surface area contributed by atoms with Gasteiger partial charge < -0.3 is 16.0 Å². The van der Waals surface area contributed by atoms with Crippen molar-refractivity contribution in [2.75, 3.05) is 23.3 Å². The van der Waals surface area contributed by atoms with E-state index in [0.717, 1.165) is 11.4 Å². The van der Waals surface area contributed by atoms with Crippen LogP contribution in [0, 0.1) is 23.1 Å². The van der Waals surface area contributed by atoms with Gasteiger partial charge in [0.2, 0.25) is 5.91 Å². The maximum absolute atomic E-state index is 14.0. The van der Waals surface area contributed by atoms with E-state index in [4.69, 9.17) is 11.0 Å². The summed E-state index contributed by atoms with van der Waals surface area (Å²) in [4.78, 5) is 17.9. The molecule has 1 aliphatic rings. The fourth-order valence-corrected chi connectivity index (χ4v) is 3.15. The molecule has 2 aromatic rings. The van der Waals surface area contributed by atoms with Crippen LogP contribution >= 0.6 is 0 Å². The summed E-state index contributed by atoms with van der Waals surface area (Å²) >= 11 is 0. The molecule has 6 nitrogen and oxygen atoms in total. The predicted octanol–water partition coefficient (Wildman–Crippen LogP) is 2.41. The van der Waals surface area contributed by atoms with Gasteiger partial charge in [-0.15, -0.1) is 0 Å². The molecule has 0 spiro atoms. The van der Waals surface area contributed by atoms with Crippen LogP contribution < -0.4 is 16.0 Å². The van der Waals surface area contributed by atoms with Gasteiger partial charge in [-0.1, -0.05) is 6.07 Å². The van der Waals surface area contributed by atoms with Crippen LogP contribution in [0.4, 0.5) is 15.9 Å². The van der Waals surface area contributed by atoms with Gasteiger partial charge in [0.15, 0.2) is 0 Å². The summed E-state index contributed by atoms with van der Waals surface area (Å²) in [6, 6.07) is 10.0. The van der Waals surface area contributed by atoms with Crippen LogP contribution in [0.5, 0.6) is 0 Å². The van der Waals surface area contributed by atoms with Gasteiger partial charge in [-0.3, -0.25) is 4.79 Å². The van der Waals surface area contributed by atoms with Crippen molar-refractivity contribution in [3.05, 3.63) is 53.5 Å². The zero-order valence-corrected chi connectivity index (χ0v) is 14.3. The number of piperidine rings is 1. The van der Waals surface area contributed by atoms with Gasteiger partial charge in [-0.2, -0.15) is 5.26 Å². The highest BCUT2D eigenvalue weighted by Gasteiger charge is 2.24. The molecule has 1 aromatic carbocycles. The number of hydrogen-bond donors (Lipinski definition) is 2. The monoisotopic (exact) mass is 353 g/mol. The van der Waals surface area contributed by atoms with Crippen molar-refractivity contribution in [3.8, 4) is 6.07 Å². The first-order chi connectivity index (χ1) is 12.6. The van der Waals surface area contributed by atoms with E-state index in [2.05, 4.69) is 15.2 Å². The minimum atomic E-state index is -0.461. The van der Waals surface area contributed by atoms with Gasteiger partial charge in [-0.25, -0.2) is 9.37 Å². The van der Waals surface area contributed by atoms with Crippen molar-refractivity contribution >= 4 is 17.4 Å². The summed E-state index contributed by atoms with van der Waals surface area (Å²) in [6.07, 6.45) is 3.15. The van der Waals surface area contributed by atoms with Crippen molar-refractivity contribution in [1.82, 2.24) is 4.98 Å². The number of hydrogen-bond acceptors (Lipinski definition) is 5.